The summed E-state index contributed by atoms with van der Waals surface area (Å²) in [4.78, 5) is 5.32. The number of aryl methyl sites for hydroxylation is 1. The van der Waals surface area contributed by atoms with Gasteiger partial charge in [-0.1, -0.05) is 15.8 Å². The summed E-state index contributed by atoms with van der Waals surface area (Å²) in [5.41, 5.74) is 0.984. The van der Waals surface area contributed by atoms with Gasteiger partial charge in [0.05, 0.1) is 27.1 Å². The fourth-order valence-corrected chi connectivity index (χ4v) is 2.58. The van der Waals surface area contributed by atoms with Crippen molar-refractivity contribution in [2.45, 2.75) is 13.5 Å². The molecule has 74 valence electrons. The van der Waals surface area contributed by atoms with E-state index in [0.29, 0.717) is 0 Å². The third-order valence-electron chi connectivity index (χ3n) is 1.62. The molecule has 0 saturated carbocycles. The van der Waals surface area contributed by atoms with E-state index in [1.807, 2.05) is 6.92 Å². The molecule has 2 aromatic rings. The Labute approximate surface area is 97.7 Å². The third-order valence-corrected chi connectivity index (χ3v) is 3.88. The number of aromatic nitrogens is 3. The molecule has 0 fully saturated rings. The van der Waals surface area contributed by atoms with E-state index in [1.165, 1.54) is 11.5 Å². The van der Waals surface area contributed by atoms with Crippen LogP contribution in [0.15, 0.2) is 9.98 Å². The Morgan fingerprint density at radius 3 is 3.00 bits per heavy atom. The largest absolute Gasteiger partial charge is 0.356 e. The summed E-state index contributed by atoms with van der Waals surface area (Å²) in [5, 5.41) is 8.06. The number of hydrogen-bond donors (Lipinski definition) is 1. The van der Waals surface area contributed by atoms with Gasteiger partial charge < -0.3 is 5.32 Å². The van der Waals surface area contributed by atoms with Gasteiger partial charge in [-0.3, -0.25) is 0 Å². The van der Waals surface area contributed by atoms with Crippen molar-refractivity contribution in [2.75, 3.05) is 5.32 Å². The molecule has 1 N–H and O–H groups in total. The first-order chi connectivity index (χ1) is 6.75. The molecule has 0 amide bonds. The van der Waals surface area contributed by atoms with Crippen LogP contribution in [0.5, 0.6) is 0 Å². The minimum atomic E-state index is 0.740. The van der Waals surface area contributed by atoms with Crippen molar-refractivity contribution in [1.29, 1.82) is 0 Å². The van der Waals surface area contributed by atoms with Crippen LogP contribution < -0.4 is 5.32 Å². The summed E-state index contributed by atoms with van der Waals surface area (Å²) in [6.07, 6.45) is 1.78. The average molecular weight is 291 g/mol. The summed E-state index contributed by atoms with van der Waals surface area (Å²) >= 11 is 6.35. The molecule has 0 atom stereocenters. The average Bonchev–Trinajstić information content (AvgIpc) is 2.72. The summed E-state index contributed by atoms with van der Waals surface area (Å²) in [6.45, 7) is 2.70. The van der Waals surface area contributed by atoms with Crippen LogP contribution in [-0.2, 0) is 6.54 Å². The second-order valence-electron chi connectivity index (χ2n) is 2.60. The van der Waals surface area contributed by atoms with Crippen molar-refractivity contribution in [3.8, 4) is 0 Å². The fraction of sp³-hybridized carbons (Fsp3) is 0.286. The Morgan fingerprint density at radius 2 is 2.43 bits per heavy atom. The van der Waals surface area contributed by atoms with Crippen molar-refractivity contribution >= 4 is 43.9 Å². The Hall–Kier alpha value is -0.530. The van der Waals surface area contributed by atoms with Crippen LogP contribution in [0.1, 0.15) is 10.6 Å². The lowest BCUT2D eigenvalue weighted by molar-refractivity contribution is 1.05. The minimum Gasteiger partial charge on any atom is -0.356 e. The van der Waals surface area contributed by atoms with Crippen LogP contribution in [0.3, 0.4) is 0 Å². The Kier molecular flexibility index (Phi) is 3.09. The zero-order chi connectivity index (χ0) is 9.97. The van der Waals surface area contributed by atoms with Gasteiger partial charge in [0.1, 0.15) is 0 Å². The van der Waals surface area contributed by atoms with E-state index >= 15 is 0 Å². The van der Waals surface area contributed by atoms with Crippen molar-refractivity contribution in [1.82, 2.24) is 14.6 Å². The van der Waals surface area contributed by atoms with Gasteiger partial charge in [0.25, 0.3) is 0 Å². The molecule has 2 rings (SSSR count). The lowest BCUT2D eigenvalue weighted by Gasteiger charge is -1.98. The molecule has 7 heteroatoms. The number of nitrogens with zero attached hydrogens (tertiary/aromatic N) is 3. The number of thiazole rings is 1. The molecule has 0 aromatic carbocycles. The second-order valence-corrected chi connectivity index (χ2v) is 5.85. The Balaban J connectivity index is 1.98. The molecule has 0 unspecified atom stereocenters. The van der Waals surface area contributed by atoms with E-state index in [0.717, 1.165) is 26.0 Å². The number of halogens is 1. The van der Waals surface area contributed by atoms with E-state index in [4.69, 9.17) is 0 Å². The second kappa shape index (κ2) is 4.33. The van der Waals surface area contributed by atoms with E-state index in [9.17, 15) is 0 Å². The molecule has 2 aromatic heterocycles. The third kappa shape index (κ3) is 2.28. The molecule has 0 aliphatic heterocycles. The molecule has 0 aliphatic rings. The SMILES string of the molecule is Cc1nnsc1CNc1ncc(Br)s1. The first-order valence-corrected chi connectivity index (χ1v) is 6.27. The van der Waals surface area contributed by atoms with Crippen molar-refractivity contribution < 1.29 is 0 Å². The zero-order valence-electron chi connectivity index (χ0n) is 7.32. The summed E-state index contributed by atoms with van der Waals surface area (Å²) in [5.74, 6) is 0. The van der Waals surface area contributed by atoms with Gasteiger partial charge in [-0.05, 0) is 34.4 Å². The van der Waals surface area contributed by atoms with Crippen molar-refractivity contribution in [2.24, 2.45) is 0 Å². The van der Waals surface area contributed by atoms with E-state index in [2.05, 4.69) is 35.8 Å². The highest BCUT2D eigenvalue weighted by Gasteiger charge is 2.04. The zero-order valence-corrected chi connectivity index (χ0v) is 10.5. The maximum atomic E-state index is 4.17. The summed E-state index contributed by atoms with van der Waals surface area (Å²) in [7, 11) is 0. The van der Waals surface area contributed by atoms with Crippen LogP contribution in [-0.4, -0.2) is 14.6 Å². The number of rotatable bonds is 3. The molecule has 0 saturated heterocycles. The number of anilines is 1. The van der Waals surface area contributed by atoms with Gasteiger partial charge in [0.15, 0.2) is 5.13 Å². The maximum absolute atomic E-state index is 4.17. The smallest absolute Gasteiger partial charge is 0.184 e. The normalized spacial score (nSPS) is 10.4. The van der Waals surface area contributed by atoms with E-state index in [1.54, 1.807) is 17.5 Å². The van der Waals surface area contributed by atoms with Gasteiger partial charge in [-0.2, -0.15) is 0 Å². The molecule has 0 bridgehead atoms. The van der Waals surface area contributed by atoms with Crippen molar-refractivity contribution in [3.05, 3.63) is 20.6 Å². The number of hydrogen-bond acceptors (Lipinski definition) is 6. The molecular weight excluding hydrogens is 284 g/mol. The molecule has 4 nitrogen and oxygen atoms in total. The summed E-state index contributed by atoms with van der Waals surface area (Å²) in [6, 6.07) is 0. The minimum absolute atomic E-state index is 0.740. The molecular formula is C7H7BrN4S2. The van der Waals surface area contributed by atoms with Gasteiger partial charge in [-0.25, -0.2) is 4.98 Å². The Morgan fingerprint density at radius 1 is 1.57 bits per heavy atom. The first kappa shape index (κ1) is 10.0. The van der Waals surface area contributed by atoms with Gasteiger partial charge in [-0.15, -0.1) is 5.10 Å². The van der Waals surface area contributed by atoms with Crippen molar-refractivity contribution in [3.63, 3.8) is 0 Å². The van der Waals surface area contributed by atoms with Crippen LogP contribution in [0.4, 0.5) is 5.13 Å². The van der Waals surface area contributed by atoms with Crippen LogP contribution in [0, 0.1) is 6.92 Å². The van der Waals surface area contributed by atoms with Gasteiger partial charge in [0.2, 0.25) is 0 Å². The maximum Gasteiger partial charge on any atom is 0.184 e. The molecule has 0 aliphatic carbocycles. The fourth-order valence-electron chi connectivity index (χ4n) is 0.905. The van der Waals surface area contributed by atoms with Crippen LogP contribution in [0.25, 0.3) is 0 Å². The highest BCUT2D eigenvalue weighted by Crippen LogP contribution is 2.24. The standard InChI is InChI=1S/C7H7BrN4S2/c1-4-5(14-12-11-4)2-9-7-10-3-6(8)13-7/h3H,2H2,1H3,(H,9,10). The lowest BCUT2D eigenvalue weighted by atomic mass is 10.4. The van der Waals surface area contributed by atoms with Gasteiger partial charge >= 0.3 is 0 Å². The monoisotopic (exact) mass is 290 g/mol. The Bertz CT molecular complexity index is 425. The van der Waals surface area contributed by atoms with Crippen LogP contribution >= 0.6 is 38.8 Å². The number of nitrogens with one attached hydrogen (secondary N) is 1. The van der Waals surface area contributed by atoms with Gasteiger partial charge in [0, 0.05) is 0 Å². The predicted octanol–water partition coefficient (Wildman–Crippen LogP) is 2.68. The first-order valence-electron chi connectivity index (χ1n) is 3.89. The van der Waals surface area contributed by atoms with Crippen LogP contribution in [0.2, 0.25) is 0 Å². The highest BCUT2D eigenvalue weighted by molar-refractivity contribution is 9.11. The topological polar surface area (TPSA) is 50.7 Å². The van der Waals surface area contributed by atoms with E-state index in [-0.39, 0.29) is 0 Å². The quantitative estimate of drug-likeness (QED) is 0.944. The predicted molar refractivity (Wildman–Crippen MR) is 61.8 cm³/mol. The lowest BCUT2D eigenvalue weighted by Crippen LogP contribution is -1.97. The van der Waals surface area contributed by atoms with E-state index < -0.39 is 0 Å². The summed E-state index contributed by atoms with van der Waals surface area (Å²) < 4.78 is 4.89. The molecule has 14 heavy (non-hydrogen) atoms. The highest BCUT2D eigenvalue weighted by atomic mass is 79.9. The molecule has 2 heterocycles. The molecule has 0 radical (unpaired) electrons. The molecule has 0 spiro atoms.